The van der Waals surface area contributed by atoms with E-state index in [1.165, 1.54) is 5.56 Å². The maximum Gasteiger partial charge on any atom is 0.0947 e. The second-order valence-corrected chi connectivity index (χ2v) is 4.22. The first-order valence-electron chi connectivity index (χ1n) is 5.66. The van der Waals surface area contributed by atoms with Crippen molar-refractivity contribution in [2.45, 2.75) is 25.4 Å². The van der Waals surface area contributed by atoms with Crippen molar-refractivity contribution in [1.29, 1.82) is 0 Å². The highest BCUT2D eigenvalue weighted by molar-refractivity contribution is 5.04. The van der Waals surface area contributed by atoms with Crippen LogP contribution in [-0.2, 0) is 11.3 Å². The van der Waals surface area contributed by atoms with Gasteiger partial charge in [-0.05, 0) is 26.0 Å². The van der Waals surface area contributed by atoms with E-state index in [2.05, 4.69) is 11.9 Å². The van der Waals surface area contributed by atoms with Crippen LogP contribution in [0.15, 0.2) is 23.0 Å². The van der Waals surface area contributed by atoms with Crippen LogP contribution < -0.4 is 5.73 Å². The van der Waals surface area contributed by atoms with Crippen LogP contribution in [-0.4, -0.2) is 38.3 Å². The van der Waals surface area contributed by atoms with Gasteiger partial charge in [-0.1, -0.05) is 0 Å². The van der Waals surface area contributed by atoms with Crippen LogP contribution in [0.1, 0.15) is 18.4 Å². The van der Waals surface area contributed by atoms with Gasteiger partial charge in [0.05, 0.1) is 12.5 Å². The van der Waals surface area contributed by atoms with Crippen molar-refractivity contribution < 1.29 is 9.15 Å². The standard InChI is InChI=1S/C12H22N2O2/c1-14(8-11-5-7-16-10-11)9-12(13)4-3-6-15-2/h5,7,10,12H,3-4,6,8-9,13H2,1-2H3. The fraction of sp³-hybridized carbons (Fsp3) is 0.667. The first-order valence-corrected chi connectivity index (χ1v) is 5.66. The van der Waals surface area contributed by atoms with E-state index < -0.39 is 0 Å². The van der Waals surface area contributed by atoms with Crippen molar-refractivity contribution in [2.75, 3.05) is 27.3 Å². The third-order valence-corrected chi connectivity index (χ3v) is 2.50. The minimum Gasteiger partial charge on any atom is -0.472 e. The van der Waals surface area contributed by atoms with Crippen LogP contribution in [0.4, 0.5) is 0 Å². The minimum absolute atomic E-state index is 0.215. The molecule has 1 aromatic rings. The van der Waals surface area contributed by atoms with Gasteiger partial charge in [-0.3, -0.25) is 0 Å². The lowest BCUT2D eigenvalue weighted by molar-refractivity contribution is 0.187. The molecule has 0 bridgehead atoms. The van der Waals surface area contributed by atoms with E-state index in [4.69, 9.17) is 14.9 Å². The molecule has 0 saturated carbocycles. The molecule has 0 fully saturated rings. The number of nitrogens with two attached hydrogens (primary N) is 1. The number of methoxy groups -OCH3 is 1. The third-order valence-electron chi connectivity index (χ3n) is 2.50. The summed E-state index contributed by atoms with van der Waals surface area (Å²) in [5, 5.41) is 0. The molecule has 16 heavy (non-hydrogen) atoms. The SMILES string of the molecule is COCCCC(N)CN(C)Cc1ccoc1. The van der Waals surface area contributed by atoms with Gasteiger partial charge in [0.1, 0.15) is 0 Å². The van der Waals surface area contributed by atoms with Gasteiger partial charge in [0.25, 0.3) is 0 Å². The van der Waals surface area contributed by atoms with Crippen molar-refractivity contribution in [3.63, 3.8) is 0 Å². The van der Waals surface area contributed by atoms with Gasteiger partial charge < -0.3 is 19.8 Å². The van der Waals surface area contributed by atoms with Crippen molar-refractivity contribution in [1.82, 2.24) is 4.90 Å². The van der Waals surface area contributed by atoms with E-state index in [1.54, 1.807) is 19.6 Å². The average molecular weight is 226 g/mol. The van der Waals surface area contributed by atoms with Crippen LogP contribution in [0.5, 0.6) is 0 Å². The van der Waals surface area contributed by atoms with Crippen LogP contribution in [0.25, 0.3) is 0 Å². The van der Waals surface area contributed by atoms with E-state index in [0.29, 0.717) is 0 Å². The first-order chi connectivity index (χ1) is 7.72. The number of ether oxygens (including phenoxy) is 1. The highest BCUT2D eigenvalue weighted by Crippen LogP contribution is 2.05. The third kappa shape index (κ3) is 5.30. The van der Waals surface area contributed by atoms with Gasteiger partial charge in [0, 0.05) is 38.4 Å². The molecule has 0 radical (unpaired) electrons. The fourth-order valence-electron chi connectivity index (χ4n) is 1.74. The Morgan fingerprint density at radius 1 is 1.56 bits per heavy atom. The maximum absolute atomic E-state index is 6.02. The molecule has 0 amide bonds. The molecule has 1 rings (SSSR count). The summed E-state index contributed by atoms with van der Waals surface area (Å²) >= 11 is 0. The number of hydrogen-bond acceptors (Lipinski definition) is 4. The Kier molecular flexibility index (Phi) is 6.15. The van der Waals surface area contributed by atoms with E-state index in [0.717, 1.165) is 32.5 Å². The predicted molar refractivity (Wildman–Crippen MR) is 64.1 cm³/mol. The molecule has 0 spiro atoms. The molecule has 2 N–H and O–H groups in total. The zero-order valence-corrected chi connectivity index (χ0v) is 10.2. The normalized spacial score (nSPS) is 13.2. The molecule has 1 aromatic heterocycles. The van der Waals surface area contributed by atoms with Crippen molar-refractivity contribution in [3.05, 3.63) is 24.2 Å². The van der Waals surface area contributed by atoms with Crippen LogP contribution in [0, 0.1) is 0 Å². The predicted octanol–water partition coefficient (Wildman–Crippen LogP) is 1.47. The largest absolute Gasteiger partial charge is 0.472 e. The average Bonchev–Trinajstić information content (AvgIpc) is 2.70. The number of rotatable bonds is 8. The second-order valence-electron chi connectivity index (χ2n) is 4.22. The number of hydrogen-bond donors (Lipinski definition) is 1. The molecule has 0 aliphatic carbocycles. The summed E-state index contributed by atoms with van der Waals surface area (Å²) in [6.45, 7) is 2.57. The lowest BCUT2D eigenvalue weighted by Gasteiger charge is -2.20. The van der Waals surface area contributed by atoms with Crippen LogP contribution in [0.2, 0.25) is 0 Å². The molecule has 4 nitrogen and oxygen atoms in total. The molecule has 1 atom stereocenters. The molecule has 0 aromatic carbocycles. The molecule has 92 valence electrons. The van der Waals surface area contributed by atoms with Gasteiger partial charge in [-0.15, -0.1) is 0 Å². The second kappa shape index (κ2) is 7.44. The number of likely N-dealkylation sites (N-methyl/N-ethyl adjacent to an activating group) is 1. The Bertz CT molecular complexity index is 262. The van der Waals surface area contributed by atoms with Gasteiger partial charge in [0.15, 0.2) is 0 Å². The van der Waals surface area contributed by atoms with Crippen molar-refractivity contribution >= 4 is 0 Å². The molecule has 1 unspecified atom stereocenters. The Balaban J connectivity index is 2.15. The highest BCUT2D eigenvalue weighted by atomic mass is 16.5. The summed E-state index contributed by atoms with van der Waals surface area (Å²) < 4.78 is 10.0. The van der Waals surface area contributed by atoms with Crippen LogP contribution >= 0.6 is 0 Å². The van der Waals surface area contributed by atoms with Gasteiger partial charge in [0.2, 0.25) is 0 Å². The Morgan fingerprint density at radius 2 is 2.38 bits per heavy atom. The maximum atomic E-state index is 6.02. The summed E-state index contributed by atoms with van der Waals surface area (Å²) in [5.41, 5.74) is 7.21. The van der Waals surface area contributed by atoms with Crippen LogP contribution in [0.3, 0.4) is 0 Å². The van der Waals surface area contributed by atoms with Crippen molar-refractivity contribution in [3.8, 4) is 0 Å². The fourth-order valence-corrected chi connectivity index (χ4v) is 1.74. The highest BCUT2D eigenvalue weighted by Gasteiger charge is 2.07. The zero-order chi connectivity index (χ0) is 11.8. The number of nitrogens with zero attached hydrogens (tertiary/aromatic N) is 1. The van der Waals surface area contributed by atoms with Gasteiger partial charge >= 0.3 is 0 Å². The summed E-state index contributed by atoms with van der Waals surface area (Å²) in [7, 11) is 3.79. The lowest BCUT2D eigenvalue weighted by atomic mass is 10.1. The summed E-state index contributed by atoms with van der Waals surface area (Å²) in [4.78, 5) is 2.21. The molecule has 0 saturated heterocycles. The Labute approximate surface area is 97.4 Å². The smallest absolute Gasteiger partial charge is 0.0947 e. The number of furan rings is 1. The van der Waals surface area contributed by atoms with Crippen molar-refractivity contribution in [2.24, 2.45) is 5.73 Å². The molecular weight excluding hydrogens is 204 g/mol. The molecule has 0 aliphatic rings. The monoisotopic (exact) mass is 226 g/mol. The van der Waals surface area contributed by atoms with Gasteiger partial charge in [-0.25, -0.2) is 0 Å². The summed E-state index contributed by atoms with van der Waals surface area (Å²) in [6.07, 6.45) is 5.50. The summed E-state index contributed by atoms with van der Waals surface area (Å²) in [6, 6.07) is 2.19. The van der Waals surface area contributed by atoms with E-state index >= 15 is 0 Å². The minimum atomic E-state index is 0.215. The van der Waals surface area contributed by atoms with Gasteiger partial charge in [-0.2, -0.15) is 0 Å². The van der Waals surface area contributed by atoms with E-state index in [-0.39, 0.29) is 6.04 Å². The first kappa shape index (κ1) is 13.2. The Hall–Kier alpha value is -0.840. The lowest BCUT2D eigenvalue weighted by Crippen LogP contribution is -2.35. The van der Waals surface area contributed by atoms with E-state index in [1.807, 2.05) is 6.07 Å². The summed E-state index contributed by atoms with van der Waals surface area (Å²) in [5.74, 6) is 0. The Morgan fingerprint density at radius 3 is 3.00 bits per heavy atom. The van der Waals surface area contributed by atoms with E-state index in [9.17, 15) is 0 Å². The molecule has 1 heterocycles. The molecular formula is C12H22N2O2. The zero-order valence-electron chi connectivity index (χ0n) is 10.2. The topological polar surface area (TPSA) is 51.6 Å². The quantitative estimate of drug-likeness (QED) is 0.682. The molecule has 0 aliphatic heterocycles. The molecule has 4 heteroatoms.